The van der Waals surface area contributed by atoms with Crippen LogP contribution in [0.5, 0.6) is 5.75 Å². The standard InChI is InChI=1S/C21H32N2O4/c1-4-15-27-21(3,5-2)20(25)22-17-9-11-18(12-10-17)26-16-19(24)23-13-7-6-8-14-23/h9-12H,4-8,13-16H2,1-3H3,(H,22,25)/t21-/m1/s1. The van der Waals surface area contributed by atoms with Gasteiger partial charge in [-0.05, 0) is 63.3 Å². The summed E-state index contributed by atoms with van der Waals surface area (Å²) in [6.45, 7) is 8.00. The van der Waals surface area contributed by atoms with Crippen molar-refractivity contribution < 1.29 is 19.1 Å². The second kappa shape index (κ2) is 10.3. The molecule has 0 aromatic heterocycles. The van der Waals surface area contributed by atoms with Crippen LogP contribution in [0.4, 0.5) is 5.69 Å². The Hall–Kier alpha value is -2.08. The van der Waals surface area contributed by atoms with E-state index in [4.69, 9.17) is 9.47 Å². The first-order chi connectivity index (χ1) is 13.0. The van der Waals surface area contributed by atoms with Crippen molar-refractivity contribution in [1.82, 2.24) is 4.90 Å². The van der Waals surface area contributed by atoms with Gasteiger partial charge in [-0.15, -0.1) is 0 Å². The van der Waals surface area contributed by atoms with Gasteiger partial charge >= 0.3 is 0 Å². The Labute approximate surface area is 162 Å². The zero-order chi connectivity index (χ0) is 19.7. The Kier molecular flexibility index (Phi) is 8.10. The smallest absolute Gasteiger partial charge is 0.260 e. The number of hydrogen-bond acceptors (Lipinski definition) is 4. The summed E-state index contributed by atoms with van der Waals surface area (Å²) in [5.41, 5.74) is -0.166. The summed E-state index contributed by atoms with van der Waals surface area (Å²) in [6.07, 6.45) is 4.79. The van der Waals surface area contributed by atoms with Crippen molar-refractivity contribution in [3.05, 3.63) is 24.3 Å². The van der Waals surface area contributed by atoms with E-state index in [1.807, 2.05) is 25.7 Å². The van der Waals surface area contributed by atoms with E-state index in [0.29, 0.717) is 24.5 Å². The van der Waals surface area contributed by atoms with E-state index in [2.05, 4.69) is 5.32 Å². The summed E-state index contributed by atoms with van der Waals surface area (Å²) < 4.78 is 11.3. The molecule has 1 heterocycles. The molecule has 1 atom stereocenters. The first-order valence-corrected chi connectivity index (χ1v) is 9.94. The maximum Gasteiger partial charge on any atom is 0.260 e. The van der Waals surface area contributed by atoms with Crippen LogP contribution in [0.1, 0.15) is 52.9 Å². The average molecular weight is 376 g/mol. The molecule has 6 nitrogen and oxygen atoms in total. The minimum Gasteiger partial charge on any atom is -0.484 e. The predicted molar refractivity (Wildman–Crippen MR) is 106 cm³/mol. The highest BCUT2D eigenvalue weighted by atomic mass is 16.5. The quantitative estimate of drug-likeness (QED) is 0.715. The fourth-order valence-electron chi connectivity index (χ4n) is 2.93. The van der Waals surface area contributed by atoms with Crippen LogP contribution in [-0.2, 0) is 14.3 Å². The van der Waals surface area contributed by atoms with Crippen LogP contribution in [-0.4, -0.2) is 48.6 Å². The third-order valence-electron chi connectivity index (χ3n) is 4.96. The lowest BCUT2D eigenvalue weighted by Gasteiger charge is -2.27. The number of ether oxygens (including phenoxy) is 2. The van der Waals surface area contributed by atoms with E-state index >= 15 is 0 Å². The minimum atomic E-state index is -0.841. The second-order valence-electron chi connectivity index (χ2n) is 7.14. The molecule has 2 rings (SSSR count). The average Bonchev–Trinajstić information content (AvgIpc) is 2.71. The normalized spacial score (nSPS) is 16.5. The lowest BCUT2D eigenvalue weighted by atomic mass is 10.0. The molecule has 1 aromatic rings. The molecule has 1 fully saturated rings. The molecule has 6 heteroatoms. The summed E-state index contributed by atoms with van der Waals surface area (Å²) in [6, 6.07) is 7.06. The second-order valence-corrected chi connectivity index (χ2v) is 7.14. The van der Waals surface area contributed by atoms with Crippen molar-refractivity contribution in [2.24, 2.45) is 0 Å². The molecule has 1 aliphatic heterocycles. The fourth-order valence-corrected chi connectivity index (χ4v) is 2.93. The van der Waals surface area contributed by atoms with E-state index in [1.54, 1.807) is 24.3 Å². The van der Waals surface area contributed by atoms with Gasteiger partial charge in [0, 0.05) is 25.4 Å². The van der Waals surface area contributed by atoms with Crippen LogP contribution in [0.15, 0.2) is 24.3 Å². The summed E-state index contributed by atoms with van der Waals surface area (Å²) in [5.74, 6) is 0.477. The van der Waals surface area contributed by atoms with Gasteiger partial charge in [-0.1, -0.05) is 13.8 Å². The number of hydrogen-bond donors (Lipinski definition) is 1. The molecule has 1 saturated heterocycles. The molecular weight excluding hydrogens is 344 g/mol. The van der Waals surface area contributed by atoms with Crippen LogP contribution in [0.3, 0.4) is 0 Å². The Balaban J connectivity index is 1.85. The van der Waals surface area contributed by atoms with E-state index < -0.39 is 5.60 Å². The third-order valence-corrected chi connectivity index (χ3v) is 4.96. The highest BCUT2D eigenvalue weighted by Crippen LogP contribution is 2.21. The van der Waals surface area contributed by atoms with Crippen molar-refractivity contribution in [3.63, 3.8) is 0 Å². The SMILES string of the molecule is CCCO[C@](C)(CC)C(=O)Nc1ccc(OCC(=O)N2CCCCC2)cc1. The molecule has 0 saturated carbocycles. The molecule has 0 aliphatic carbocycles. The maximum atomic E-state index is 12.5. The molecular formula is C21H32N2O4. The minimum absolute atomic E-state index is 0.0267. The number of carbonyl (C=O) groups excluding carboxylic acids is 2. The van der Waals surface area contributed by atoms with Gasteiger partial charge in [0.25, 0.3) is 11.8 Å². The third kappa shape index (κ3) is 6.24. The molecule has 0 unspecified atom stereocenters. The Morgan fingerprint density at radius 1 is 1.11 bits per heavy atom. The topological polar surface area (TPSA) is 67.9 Å². The van der Waals surface area contributed by atoms with Gasteiger partial charge in [-0.2, -0.15) is 0 Å². The number of benzene rings is 1. The van der Waals surface area contributed by atoms with Crippen LogP contribution in [0.25, 0.3) is 0 Å². The summed E-state index contributed by atoms with van der Waals surface area (Å²) in [4.78, 5) is 26.5. The van der Waals surface area contributed by atoms with Crippen molar-refractivity contribution >= 4 is 17.5 Å². The van der Waals surface area contributed by atoms with Crippen LogP contribution in [0, 0.1) is 0 Å². The van der Waals surface area contributed by atoms with Gasteiger partial charge in [0.05, 0.1) is 0 Å². The lowest BCUT2D eigenvalue weighted by molar-refractivity contribution is -0.139. The molecule has 0 spiro atoms. The highest BCUT2D eigenvalue weighted by Gasteiger charge is 2.32. The number of nitrogens with zero attached hydrogens (tertiary/aromatic N) is 1. The van der Waals surface area contributed by atoms with Gasteiger partial charge in [-0.25, -0.2) is 0 Å². The number of nitrogens with one attached hydrogen (secondary N) is 1. The Morgan fingerprint density at radius 2 is 1.78 bits per heavy atom. The van der Waals surface area contributed by atoms with Crippen molar-refractivity contribution in [2.45, 2.75) is 58.5 Å². The molecule has 0 radical (unpaired) electrons. The van der Waals surface area contributed by atoms with Crippen molar-refractivity contribution in [1.29, 1.82) is 0 Å². The van der Waals surface area contributed by atoms with Crippen molar-refractivity contribution in [3.8, 4) is 5.75 Å². The molecule has 1 aliphatic rings. The lowest BCUT2D eigenvalue weighted by Crippen LogP contribution is -2.42. The Morgan fingerprint density at radius 3 is 2.37 bits per heavy atom. The molecule has 150 valence electrons. The van der Waals surface area contributed by atoms with Gasteiger partial charge < -0.3 is 19.7 Å². The molecule has 1 aromatic carbocycles. The number of amides is 2. The molecule has 1 N–H and O–H groups in total. The van der Waals surface area contributed by atoms with Gasteiger partial charge in [0.15, 0.2) is 6.61 Å². The number of likely N-dealkylation sites (tertiary alicyclic amines) is 1. The Bertz CT molecular complexity index is 611. The molecule has 0 bridgehead atoms. The summed E-state index contributed by atoms with van der Waals surface area (Å²) in [5, 5.41) is 2.89. The van der Waals surface area contributed by atoms with Gasteiger partial charge in [0.2, 0.25) is 0 Å². The summed E-state index contributed by atoms with van der Waals surface area (Å²) in [7, 11) is 0. The number of carbonyl (C=O) groups is 2. The van der Waals surface area contributed by atoms with Crippen LogP contribution >= 0.6 is 0 Å². The number of anilines is 1. The van der Waals surface area contributed by atoms with E-state index in [9.17, 15) is 9.59 Å². The first kappa shape index (κ1) is 21.2. The van der Waals surface area contributed by atoms with Crippen LogP contribution in [0.2, 0.25) is 0 Å². The fraction of sp³-hybridized carbons (Fsp3) is 0.619. The van der Waals surface area contributed by atoms with E-state index in [0.717, 1.165) is 32.4 Å². The zero-order valence-corrected chi connectivity index (χ0v) is 16.8. The van der Waals surface area contributed by atoms with E-state index in [-0.39, 0.29) is 18.4 Å². The first-order valence-electron chi connectivity index (χ1n) is 9.94. The van der Waals surface area contributed by atoms with Gasteiger partial charge in [-0.3, -0.25) is 9.59 Å². The molecule has 2 amide bonds. The monoisotopic (exact) mass is 376 g/mol. The number of rotatable bonds is 9. The largest absolute Gasteiger partial charge is 0.484 e. The van der Waals surface area contributed by atoms with Crippen molar-refractivity contribution in [2.75, 3.05) is 31.6 Å². The maximum absolute atomic E-state index is 12.5. The predicted octanol–water partition coefficient (Wildman–Crippen LogP) is 3.61. The van der Waals surface area contributed by atoms with Gasteiger partial charge in [0.1, 0.15) is 11.4 Å². The number of piperidine rings is 1. The summed E-state index contributed by atoms with van der Waals surface area (Å²) >= 11 is 0. The van der Waals surface area contributed by atoms with E-state index in [1.165, 1.54) is 6.42 Å². The van der Waals surface area contributed by atoms with Crippen LogP contribution < -0.4 is 10.1 Å². The zero-order valence-electron chi connectivity index (χ0n) is 16.8. The molecule has 27 heavy (non-hydrogen) atoms. The highest BCUT2D eigenvalue weighted by molar-refractivity contribution is 5.97.